The molecule has 182 valence electrons. The van der Waals surface area contributed by atoms with Crippen LogP contribution in [0.4, 0.5) is 0 Å². The molecule has 0 aromatic carbocycles. The maximum absolute atomic E-state index is 11.8. The highest BCUT2D eigenvalue weighted by atomic mass is 16.4. The second-order valence-electron chi connectivity index (χ2n) is 9.00. The normalized spacial score (nSPS) is 12.5. The summed E-state index contributed by atoms with van der Waals surface area (Å²) in [6, 6.07) is -0.443. The van der Waals surface area contributed by atoms with Crippen LogP contribution in [0.5, 0.6) is 0 Å². The van der Waals surface area contributed by atoms with E-state index in [0.717, 1.165) is 25.7 Å². The molecular formula is C26H50N2O3. The molecule has 2 N–H and O–H groups in total. The number of nitrogens with zero attached hydrogens (tertiary/aromatic N) is 1. The number of nitrogens with one attached hydrogen (secondary N) is 1. The minimum Gasteiger partial charge on any atom is -0.480 e. The van der Waals surface area contributed by atoms with Crippen LogP contribution in [0.3, 0.4) is 0 Å². The Morgan fingerprint density at radius 1 is 0.806 bits per heavy atom. The molecule has 0 aliphatic rings. The molecule has 0 rings (SSSR count). The van der Waals surface area contributed by atoms with Gasteiger partial charge in [0, 0.05) is 13.0 Å². The SMILES string of the molecule is CCCCCCCCCCCCC/C=C/CCC(=O)NCCCC[C@@H](C(=O)O)N(C)C. The molecule has 0 aliphatic carbocycles. The Balaban J connectivity index is 3.42. The number of rotatable bonds is 22. The van der Waals surface area contributed by atoms with Crippen molar-refractivity contribution in [2.24, 2.45) is 0 Å². The van der Waals surface area contributed by atoms with Crippen molar-refractivity contribution in [1.82, 2.24) is 10.2 Å². The van der Waals surface area contributed by atoms with Crippen LogP contribution >= 0.6 is 0 Å². The average Bonchev–Trinajstić information content (AvgIpc) is 2.72. The number of likely N-dealkylation sites (N-methyl/N-ethyl adjacent to an activating group) is 1. The molecule has 0 bridgehead atoms. The minimum atomic E-state index is -0.783. The van der Waals surface area contributed by atoms with Crippen LogP contribution in [0.25, 0.3) is 0 Å². The molecule has 0 aromatic heterocycles. The molecular weight excluding hydrogens is 388 g/mol. The van der Waals surface area contributed by atoms with Gasteiger partial charge in [-0.15, -0.1) is 0 Å². The van der Waals surface area contributed by atoms with Gasteiger partial charge in [0.05, 0.1) is 0 Å². The third-order valence-electron chi connectivity index (χ3n) is 5.81. The van der Waals surface area contributed by atoms with Gasteiger partial charge in [0.1, 0.15) is 6.04 Å². The lowest BCUT2D eigenvalue weighted by atomic mass is 10.1. The number of carbonyl (C=O) groups is 2. The van der Waals surface area contributed by atoms with E-state index in [4.69, 9.17) is 5.11 Å². The number of aliphatic carboxylic acids is 1. The van der Waals surface area contributed by atoms with Crippen molar-refractivity contribution in [2.75, 3.05) is 20.6 Å². The third kappa shape index (κ3) is 20.3. The van der Waals surface area contributed by atoms with Crippen molar-refractivity contribution in [1.29, 1.82) is 0 Å². The Hall–Kier alpha value is -1.36. The van der Waals surface area contributed by atoms with Gasteiger partial charge in [-0.25, -0.2) is 0 Å². The Morgan fingerprint density at radius 2 is 1.35 bits per heavy atom. The van der Waals surface area contributed by atoms with Gasteiger partial charge in [-0.05, 0) is 52.6 Å². The quantitative estimate of drug-likeness (QED) is 0.153. The molecule has 5 nitrogen and oxygen atoms in total. The topological polar surface area (TPSA) is 69.6 Å². The zero-order chi connectivity index (χ0) is 23.2. The fourth-order valence-electron chi connectivity index (χ4n) is 3.76. The molecule has 1 amide bonds. The zero-order valence-corrected chi connectivity index (χ0v) is 20.7. The van der Waals surface area contributed by atoms with Crippen LogP contribution in [0.15, 0.2) is 12.2 Å². The van der Waals surface area contributed by atoms with Crippen LogP contribution < -0.4 is 5.32 Å². The minimum absolute atomic E-state index is 0.0849. The molecule has 0 aromatic rings. The van der Waals surface area contributed by atoms with E-state index < -0.39 is 12.0 Å². The predicted octanol–water partition coefficient (Wildman–Crippen LogP) is 6.33. The number of hydrogen-bond donors (Lipinski definition) is 2. The Morgan fingerprint density at radius 3 is 1.90 bits per heavy atom. The first-order valence-corrected chi connectivity index (χ1v) is 12.8. The summed E-state index contributed by atoms with van der Waals surface area (Å²) < 4.78 is 0. The number of hydrogen-bond acceptors (Lipinski definition) is 3. The first kappa shape index (κ1) is 29.6. The average molecular weight is 439 g/mol. The van der Waals surface area contributed by atoms with Gasteiger partial charge in [0.2, 0.25) is 5.91 Å². The fourth-order valence-corrected chi connectivity index (χ4v) is 3.76. The summed E-state index contributed by atoms with van der Waals surface area (Å²) in [6.07, 6.45) is 24.1. The molecule has 0 radical (unpaired) electrons. The molecule has 0 fully saturated rings. The number of carbonyl (C=O) groups excluding carboxylic acids is 1. The van der Waals surface area contributed by atoms with Crippen LogP contribution in [0, 0.1) is 0 Å². The van der Waals surface area contributed by atoms with E-state index >= 15 is 0 Å². The monoisotopic (exact) mass is 438 g/mol. The Labute approximate surface area is 192 Å². The number of amides is 1. The predicted molar refractivity (Wildman–Crippen MR) is 131 cm³/mol. The summed E-state index contributed by atoms with van der Waals surface area (Å²) in [5, 5.41) is 12.1. The van der Waals surface area contributed by atoms with Gasteiger partial charge in [0.25, 0.3) is 0 Å². The molecule has 1 atom stereocenters. The molecule has 0 heterocycles. The van der Waals surface area contributed by atoms with E-state index in [2.05, 4.69) is 24.4 Å². The molecule has 0 spiro atoms. The second-order valence-corrected chi connectivity index (χ2v) is 9.00. The number of carboxylic acids is 1. The van der Waals surface area contributed by atoms with E-state index in [-0.39, 0.29) is 5.91 Å². The van der Waals surface area contributed by atoms with Crippen LogP contribution in [-0.4, -0.2) is 48.6 Å². The molecule has 0 saturated carbocycles. The Kier molecular flexibility index (Phi) is 20.9. The maximum Gasteiger partial charge on any atom is 0.320 e. The lowest BCUT2D eigenvalue weighted by Crippen LogP contribution is -2.35. The van der Waals surface area contributed by atoms with Crippen molar-refractivity contribution < 1.29 is 14.7 Å². The van der Waals surface area contributed by atoms with Gasteiger partial charge < -0.3 is 10.4 Å². The molecule has 0 aliphatic heterocycles. The molecule has 5 heteroatoms. The molecule has 0 saturated heterocycles. The number of allylic oxidation sites excluding steroid dienone is 2. The maximum atomic E-state index is 11.8. The van der Waals surface area contributed by atoms with E-state index in [1.165, 1.54) is 70.6 Å². The lowest BCUT2D eigenvalue weighted by Gasteiger charge is -2.19. The summed E-state index contributed by atoms with van der Waals surface area (Å²) in [5.74, 6) is -0.698. The first-order chi connectivity index (χ1) is 15.0. The van der Waals surface area contributed by atoms with Gasteiger partial charge in [-0.3, -0.25) is 14.5 Å². The summed E-state index contributed by atoms with van der Waals surface area (Å²) >= 11 is 0. The van der Waals surface area contributed by atoms with E-state index in [0.29, 0.717) is 19.4 Å². The van der Waals surface area contributed by atoms with Gasteiger partial charge in [-0.2, -0.15) is 0 Å². The van der Waals surface area contributed by atoms with Crippen molar-refractivity contribution in [3.05, 3.63) is 12.2 Å². The summed E-state index contributed by atoms with van der Waals surface area (Å²) in [6.45, 7) is 2.89. The van der Waals surface area contributed by atoms with Crippen molar-refractivity contribution in [3.8, 4) is 0 Å². The zero-order valence-electron chi connectivity index (χ0n) is 20.7. The lowest BCUT2D eigenvalue weighted by molar-refractivity contribution is -0.142. The van der Waals surface area contributed by atoms with E-state index in [1.54, 1.807) is 19.0 Å². The first-order valence-electron chi connectivity index (χ1n) is 12.8. The molecule has 31 heavy (non-hydrogen) atoms. The van der Waals surface area contributed by atoms with E-state index in [9.17, 15) is 9.59 Å². The van der Waals surface area contributed by atoms with Crippen LogP contribution in [0.2, 0.25) is 0 Å². The summed E-state index contributed by atoms with van der Waals surface area (Å²) in [5.41, 5.74) is 0. The molecule has 0 unspecified atom stereocenters. The van der Waals surface area contributed by atoms with Crippen molar-refractivity contribution in [3.63, 3.8) is 0 Å². The van der Waals surface area contributed by atoms with Gasteiger partial charge >= 0.3 is 5.97 Å². The second kappa shape index (κ2) is 21.9. The fraction of sp³-hybridized carbons (Fsp3) is 0.846. The largest absolute Gasteiger partial charge is 0.480 e. The van der Waals surface area contributed by atoms with Crippen LogP contribution in [0.1, 0.15) is 116 Å². The number of carboxylic acid groups (broad SMARTS) is 1. The van der Waals surface area contributed by atoms with Gasteiger partial charge in [-0.1, -0.05) is 83.3 Å². The summed E-state index contributed by atoms with van der Waals surface area (Å²) in [4.78, 5) is 24.7. The highest BCUT2D eigenvalue weighted by Crippen LogP contribution is 2.12. The van der Waals surface area contributed by atoms with Crippen molar-refractivity contribution in [2.45, 2.75) is 122 Å². The summed E-state index contributed by atoms with van der Waals surface area (Å²) in [7, 11) is 3.57. The van der Waals surface area contributed by atoms with Crippen molar-refractivity contribution >= 4 is 11.9 Å². The standard InChI is InChI=1S/C26H50N2O3/c1-4-5-6-7-8-9-10-11-12-13-14-15-16-17-18-22-25(29)27-23-20-19-21-24(26(30)31)28(2)3/h16-17,24H,4-15,18-23H2,1-3H3,(H,27,29)(H,30,31)/b17-16+/t24-/m0/s1. The number of unbranched alkanes of at least 4 members (excludes halogenated alkanes) is 12. The third-order valence-corrected chi connectivity index (χ3v) is 5.81. The van der Waals surface area contributed by atoms with Gasteiger partial charge in [0.15, 0.2) is 0 Å². The Bertz CT molecular complexity index is 464. The van der Waals surface area contributed by atoms with E-state index in [1.807, 2.05) is 0 Å². The smallest absolute Gasteiger partial charge is 0.320 e. The van der Waals surface area contributed by atoms with Crippen LogP contribution in [-0.2, 0) is 9.59 Å². The highest BCUT2D eigenvalue weighted by molar-refractivity contribution is 5.76. The highest BCUT2D eigenvalue weighted by Gasteiger charge is 2.18.